The molecule has 0 saturated heterocycles. The second-order valence-corrected chi connectivity index (χ2v) is 7.87. The summed E-state index contributed by atoms with van der Waals surface area (Å²) in [6, 6.07) is 12.6. The minimum absolute atomic E-state index is 0.194. The predicted molar refractivity (Wildman–Crippen MR) is 98.9 cm³/mol. The molecule has 2 rings (SSSR count). The summed E-state index contributed by atoms with van der Waals surface area (Å²) in [7, 11) is -2.01. The molecule has 0 atom stereocenters. The summed E-state index contributed by atoms with van der Waals surface area (Å²) in [6.07, 6.45) is 0. The molecule has 0 unspecified atom stereocenters. The van der Waals surface area contributed by atoms with Crippen molar-refractivity contribution < 1.29 is 17.9 Å². The summed E-state index contributed by atoms with van der Waals surface area (Å²) in [6.45, 7) is 6.49. The Hall–Kier alpha value is -2.05. The normalized spacial score (nSPS) is 11.6. The highest BCUT2D eigenvalue weighted by atomic mass is 32.2. The minimum atomic E-state index is -3.57. The van der Waals surface area contributed by atoms with Gasteiger partial charge < -0.3 is 9.47 Å². The molecule has 1 N–H and O–H groups in total. The lowest BCUT2D eigenvalue weighted by atomic mass is 10.0. The summed E-state index contributed by atoms with van der Waals surface area (Å²) in [5.74, 6) is 1.82. The highest BCUT2D eigenvalue weighted by Gasteiger charge is 2.15. The van der Waals surface area contributed by atoms with Crippen molar-refractivity contribution in [3.05, 3.63) is 53.6 Å². The van der Waals surface area contributed by atoms with Crippen LogP contribution < -0.4 is 14.2 Å². The third-order valence-electron chi connectivity index (χ3n) is 3.86. The maximum atomic E-state index is 12.3. The number of ether oxygens (including phenoxy) is 2. The van der Waals surface area contributed by atoms with Gasteiger partial charge in [-0.25, -0.2) is 13.1 Å². The van der Waals surface area contributed by atoms with Crippen LogP contribution in [0.3, 0.4) is 0 Å². The summed E-state index contributed by atoms with van der Waals surface area (Å²) >= 11 is 0. The Labute approximate surface area is 150 Å². The van der Waals surface area contributed by atoms with E-state index in [1.165, 1.54) is 11.6 Å². The molecule has 6 heteroatoms. The van der Waals surface area contributed by atoms with E-state index in [1.807, 2.05) is 31.2 Å². The molecule has 2 aromatic rings. The zero-order valence-electron chi connectivity index (χ0n) is 15.1. The number of hydrogen-bond acceptors (Lipinski definition) is 4. The van der Waals surface area contributed by atoms with E-state index >= 15 is 0 Å². The Morgan fingerprint density at radius 3 is 2.52 bits per heavy atom. The standard InChI is InChI=1S/C19H25NO4S/c1-14(2)16-6-5-7-17(13-16)24-11-10-20-25(21,22)18-8-9-19(23-4)15(3)12-18/h5-9,12-14,20H,10-11H2,1-4H3. The van der Waals surface area contributed by atoms with Gasteiger partial charge in [0.1, 0.15) is 18.1 Å². The zero-order valence-corrected chi connectivity index (χ0v) is 15.9. The molecule has 0 heterocycles. The molecule has 0 aliphatic rings. The highest BCUT2D eigenvalue weighted by Crippen LogP contribution is 2.21. The molecule has 5 nitrogen and oxygen atoms in total. The van der Waals surface area contributed by atoms with Crippen molar-refractivity contribution in [2.75, 3.05) is 20.3 Å². The van der Waals surface area contributed by atoms with Crippen LogP contribution in [0, 0.1) is 6.92 Å². The van der Waals surface area contributed by atoms with Crippen LogP contribution in [0.15, 0.2) is 47.4 Å². The maximum absolute atomic E-state index is 12.3. The van der Waals surface area contributed by atoms with Crippen molar-refractivity contribution in [3.8, 4) is 11.5 Å². The van der Waals surface area contributed by atoms with Crippen LogP contribution in [-0.2, 0) is 10.0 Å². The average Bonchev–Trinajstić information content (AvgIpc) is 2.59. The number of methoxy groups -OCH3 is 1. The molecule has 25 heavy (non-hydrogen) atoms. The van der Waals surface area contributed by atoms with Crippen molar-refractivity contribution in [3.63, 3.8) is 0 Å². The predicted octanol–water partition coefficient (Wildman–Crippen LogP) is 3.48. The number of rotatable bonds is 8. The first kappa shape index (κ1) is 19.3. The van der Waals surface area contributed by atoms with Gasteiger partial charge in [-0.2, -0.15) is 0 Å². The Morgan fingerprint density at radius 2 is 1.88 bits per heavy atom. The lowest BCUT2D eigenvalue weighted by Gasteiger charge is -2.12. The Bertz CT molecular complexity index is 816. The molecule has 0 radical (unpaired) electrons. The third-order valence-corrected chi connectivity index (χ3v) is 5.32. The topological polar surface area (TPSA) is 64.6 Å². The van der Waals surface area contributed by atoms with Gasteiger partial charge in [-0.3, -0.25) is 0 Å². The number of sulfonamides is 1. The molecule has 0 bridgehead atoms. The molecule has 0 aliphatic carbocycles. The van der Waals surface area contributed by atoms with Crippen molar-refractivity contribution >= 4 is 10.0 Å². The molecular formula is C19H25NO4S. The van der Waals surface area contributed by atoms with E-state index in [9.17, 15) is 8.42 Å². The van der Waals surface area contributed by atoms with Gasteiger partial charge >= 0.3 is 0 Å². The van der Waals surface area contributed by atoms with E-state index in [4.69, 9.17) is 9.47 Å². The van der Waals surface area contributed by atoms with Gasteiger partial charge in [0.05, 0.1) is 12.0 Å². The first-order valence-electron chi connectivity index (χ1n) is 8.20. The maximum Gasteiger partial charge on any atom is 0.240 e. The number of nitrogens with one attached hydrogen (secondary N) is 1. The van der Waals surface area contributed by atoms with Gasteiger partial charge in [0.15, 0.2) is 0 Å². The first-order chi connectivity index (χ1) is 11.8. The fourth-order valence-corrected chi connectivity index (χ4v) is 3.51. The molecule has 136 valence electrons. The van der Waals surface area contributed by atoms with Gasteiger partial charge in [0.25, 0.3) is 0 Å². The summed E-state index contributed by atoms with van der Waals surface area (Å²) < 4.78 is 38.0. The smallest absolute Gasteiger partial charge is 0.240 e. The van der Waals surface area contributed by atoms with Crippen LogP contribution in [0.5, 0.6) is 11.5 Å². The summed E-state index contributed by atoms with van der Waals surface area (Å²) in [5, 5.41) is 0. The van der Waals surface area contributed by atoms with Crippen LogP contribution in [0.1, 0.15) is 30.9 Å². The number of aryl methyl sites for hydroxylation is 1. The third kappa shape index (κ3) is 5.21. The van der Waals surface area contributed by atoms with Crippen molar-refractivity contribution in [2.45, 2.75) is 31.6 Å². The molecule has 2 aromatic carbocycles. The van der Waals surface area contributed by atoms with Crippen LogP contribution in [-0.4, -0.2) is 28.7 Å². The van der Waals surface area contributed by atoms with Crippen molar-refractivity contribution in [2.24, 2.45) is 0 Å². The van der Waals surface area contributed by atoms with E-state index in [0.717, 1.165) is 11.3 Å². The van der Waals surface area contributed by atoms with E-state index in [1.54, 1.807) is 19.2 Å². The SMILES string of the molecule is COc1ccc(S(=O)(=O)NCCOc2cccc(C(C)C)c2)cc1C. The van der Waals surface area contributed by atoms with Crippen LogP contribution >= 0.6 is 0 Å². The quantitative estimate of drug-likeness (QED) is 0.729. The number of hydrogen-bond donors (Lipinski definition) is 1. The van der Waals surface area contributed by atoms with E-state index in [2.05, 4.69) is 18.6 Å². The van der Waals surface area contributed by atoms with Gasteiger partial charge in [0.2, 0.25) is 10.0 Å². The van der Waals surface area contributed by atoms with Crippen LogP contribution in [0.4, 0.5) is 0 Å². The molecule has 0 fully saturated rings. The van der Waals surface area contributed by atoms with Crippen LogP contribution in [0.2, 0.25) is 0 Å². The van der Waals surface area contributed by atoms with E-state index in [-0.39, 0.29) is 18.0 Å². The van der Waals surface area contributed by atoms with E-state index in [0.29, 0.717) is 11.7 Å². The summed E-state index contributed by atoms with van der Waals surface area (Å²) in [4.78, 5) is 0.215. The second kappa shape index (κ2) is 8.36. The van der Waals surface area contributed by atoms with Gasteiger partial charge in [-0.1, -0.05) is 26.0 Å². The van der Waals surface area contributed by atoms with Crippen molar-refractivity contribution in [1.29, 1.82) is 0 Å². The minimum Gasteiger partial charge on any atom is -0.496 e. The Kier molecular flexibility index (Phi) is 6.45. The zero-order chi connectivity index (χ0) is 18.4. The fraction of sp³-hybridized carbons (Fsp3) is 0.368. The average molecular weight is 363 g/mol. The van der Waals surface area contributed by atoms with Crippen molar-refractivity contribution in [1.82, 2.24) is 4.72 Å². The lowest BCUT2D eigenvalue weighted by Crippen LogP contribution is -2.28. The molecule has 0 amide bonds. The Morgan fingerprint density at radius 1 is 1.12 bits per heavy atom. The van der Waals surface area contributed by atoms with E-state index < -0.39 is 10.0 Å². The molecule has 0 aliphatic heterocycles. The first-order valence-corrected chi connectivity index (χ1v) is 9.69. The molecule has 0 aromatic heterocycles. The second-order valence-electron chi connectivity index (χ2n) is 6.10. The molecule has 0 saturated carbocycles. The van der Waals surface area contributed by atoms with Gasteiger partial charge in [-0.05, 0) is 54.3 Å². The highest BCUT2D eigenvalue weighted by molar-refractivity contribution is 7.89. The molecule has 0 spiro atoms. The summed E-state index contributed by atoms with van der Waals surface area (Å²) in [5.41, 5.74) is 1.96. The van der Waals surface area contributed by atoms with Crippen LogP contribution in [0.25, 0.3) is 0 Å². The van der Waals surface area contributed by atoms with Gasteiger partial charge in [0, 0.05) is 6.54 Å². The fourth-order valence-electron chi connectivity index (χ4n) is 2.41. The lowest BCUT2D eigenvalue weighted by molar-refractivity contribution is 0.322. The monoisotopic (exact) mass is 363 g/mol. The largest absolute Gasteiger partial charge is 0.496 e. The number of benzene rings is 2. The Balaban J connectivity index is 1.92. The molecular weight excluding hydrogens is 338 g/mol. The van der Waals surface area contributed by atoms with Gasteiger partial charge in [-0.15, -0.1) is 0 Å².